The van der Waals surface area contributed by atoms with Gasteiger partial charge in [-0.05, 0) is 12.3 Å². The van der Waals surface area contributed by atoms with Crippen molar-refractivity contribution in [2.45, 2.75) is 26.2 Å². The predicted octanol–water partition coefficient (Wildman–Crippen LogP) is 2.88. The van der Waals surface area contributed by atoms with Crippen LogP contribution in [0, 0.1) is 5.92 Å². The third-order valence-corrected chi connectivity index (χ3v) is 4.43. The molecule has 1 fully saturated rings. The summed E-state index contributed by atoms with van der Waals surface area (Å²) in [4.78, 5) is 6.94. The molecular formula is C10H16BrN3S. The van der Waals surface area contributed by atoms with Crippen molar-refractivity contribution in [3.05, 3.63) is 5.82 Å². The minimum absolute atomic E-state index is 0.435. The molecule has 0 N–H and O–H groups in total. The van der Waals surface area contributed by atoms with Gasteiger partial charge >= 0.3 is 0 Å². The molecule has 2 heterocycles. The van der Waals surface area contributed by atoms with E-state index in [4.69, 9.17) is 0 Å². The van der Waals surface area contributed by atoms with Gasteiger partial charge in [0.25, 0.3) is 0 Å². The molecule has 0 saturated carbocycles. The zero-order valence-electron chi connectivity index (χ0n) is 9.11. The molecule has 1 aliphatic rings. The van der Waals surface area contributed by atoms with Crippen LogP contribution in [0.15, 0.2) is 0 Å². The maximum absolute atomic E-state index is 4.58. The first-order valence-corrected chi connectivity index (χ1v) is 7.24. The molecule has 1 aromatic rings. The summed E-state index contributed by atoms with van der Waals surface area (Å²) in [5, 5.41) is 2.20. The molecule has 3 nitrogen and oxygen atoms in total. The highest BCUT2D eigenvalue weighted by Gasteiger charge is 2.24. The van der Waals surface area contributed by atoms with Gasteiger partial charge in [-0.2, -0.15) is 4.37 Å². The summed E-state index contributed by atoms with van der Waals surface area (Å²) < 4.78 is 4.39. The minimum atomic E-state index is 0.435. The van der Waals surface area contributed by atoms with Crippen LogP contribution >= 0.6 is 27.5 Å². The maximum atomic E-state index is 4.58. The first-order valence-electron chi connectivity index (χ1n) is 5.35. The van der Waals surface area contributed by atoms with E-state index in [1.54, 1.807) is 0 Å². The van der Waals surface area contributed by atoms with Gasteiger partial charge in [-0.15, -0.1) is 0 Å². The summed E-state index contributed by atoms with van der Waals surface area (Å²) in [6, 6.07) is 0. The maximum Gasteiger partial charge on any atom is 0.205 e. The number of nitrogens with zero attached hydrogens (tertiary/aromatic N) is 3. The van der Waals surface area contributed by atoms with E-state index in [9.17, 15) is 0 Å². The quantitative estimate of drug-likeness (QED) is 0.802. The number of alkyl halides is 1. The van der Waals surface area contributed by atoms with Gasteiger partial charge < -0.3 is 4.90 Å². The number of hydrogen-bond donors (Lipinski definition) is 0. The molecule has 0 spiro atoms. The lowest BCUT2D eigenvalue weighted by atomic mass is 10.2. The third kappa shape index (κ3) is 2.50. The van der Waals surface area contributed by atoms with Crippen LogP contribution in [-0.2, 0) is 0 Å². The van der Waals surface area contributed by atoms with Crippen LogP contribution < -0.4 is 4.90 Å². The summed E-state index contributed by atoms with van der Waals surface area (Å²) in [5.41, 5.74) is 0. The Kier molecular flexibility index (Phi) is 3.61. The van der Waals surface area contributed by atoms with Gasteiger partial charge in [-0.1, -0.05) is 29.8 Å². The first-order chi connectivity index (χ1) is 7.20. The van der Waals surface area contributed by atoms with Crippen molar-refractivity contribution >= 4 is 32.6 Å². The fourth-order valence-corrected chi connectivity index (χ4v) is 3.09. The smallest absolute Gasteiger partial charge is 0.205 e. The molecule has 1 atom stereocenters. The monoisotopic (exact) mass is 289 g/mol. The average molecular weight is 290 g/mol. The highest BCUT2D eigenvalue weighted by atomic mass is 79.9. The molecule has 0 radical (unpaired) electrons. The second-order valence-corrected chi connectivity index (χ2v) is 5.72. The van der Waals surface area contributed by atoms with E-state index >= 15 is 0 Å². The lowest BCUT2D eigenvalue weighted by Crippen LogP contribution is -2.19. The summed E-state index contributed by atoms with van der Waals surface area (Å²) >= 11 is 5.08. The standard InChI is InChI=1S/C10H16BrN3S/c1-7(2)9-12-10(15-13-9)14-4-3-8(5-11)6-14/h7-8H,3-6H2,1-2H3. The van der Waals surface area contributed by atoms with E-state index in [2.05, 4.69) is 44.0 Å². The number of rotatable bonds is 3. The van der Waals surface area contributed by atoms with Crippen molar-refractivity contribution < 1.29 is 0 Å². The molecule has 1 aromatic heterocycles. The van der Waals surface area contributed by atoms with Crippen LogP contribution in [0.4, 0.5) is 5.13 Å². The highest BCUT2D eigenvalue weighted by Crippen LogP contribution is 2.27. The van der Waals surface area contributed by atoms with Crippen LogP contribution in [0.3, 0.4) is 0 Å². The average Bonchev–Trinajstić information content (AvgIpc) is 2.86. The van der Waals surface area contributed by atoms with E-state index in [0.29, 0.717) is 5.92 Å². The topological polar surface area (TPSA) is 29.0 Å². The second kappa shape index (κ2) is 4.78. The van der Waals surface area contributed by atoms with Gasteiger partial charge in [0.15, 0.2) is 0 Å². The van der Waals surface area contributed by atoms with E-state index in [1.807, 2.05) is 0 Å². The van der Waals surface area contributed by atoms with Crippen LogP contribution in [0.5, 0.6) is 0 Å². The van der Waals surface area contributed by atoms with Crippen LogP contribution in [-0.4, -0.2) is 27.8 Å². The van der Waals surface area contributed by atoms with Crippen molar-refractivity contribution in [3.63, 3.8) is 0 Å². The fraction of sp³-hybridized carbons (Fsp3) is 0.800. The Morgan fingerprint density at radius 2 is 2.40 bits per heavy atom. The molecule has 84 valence electrons. The molecule has 0 bridgehead atoms. The molecule has 1 saturated heterocycles. The van der Waals surface area contributed by atoms with Gasteiger partial charge in [0, 0.05) is 35.9 Å². The van der Waals surface area contributed by atoms with Gasteiger partial charge in [0.05, 0.1) is 0 Å². The summed E-state index contributed by atoms with van der Waals surface area (Å²) in [7, 11) is 0. The van der Waals surface area contributed by atoms with Crippen molar-refractivity contribution in [3.8, 4) is 0 Å². The molecule has 1 aliphatic heterocycles. The molecule has 2 rings (SSSR count). The van der Waals surface area contributed by atoms with Gasteiger partial charge in [-0.25, -0.2) is 4.98 Å². The number of anilines is 1. The van der Waals surface area contributed by atoms with Crippen molar-refractivity contribution in [1.82, 2.24) is 9.36 Å². The summed E-state index contributed by atoms with van der Waals surface area (Å²) in [6.45, 7) is 6.52. The Balaban J connectivity index is 2.04. The third-order valence-electron chi connectivity index (χ3n) is 2.72. The van der Waals surface area contributed by atoms with E-state index < -0.39 is 0 Å². The Morgan fingerprint density at radius 3 is 2.93 bits per heavy atom. The largest absolute Gasteiger partial charge is 0.347 e. The fourth-order valence-electron chi connectivity index (χ4n) is 1.72. The zero-order valence-corrected chi connectivity index (χ0v) is 11.5. The van der Waals surface area contributed by atoms with Gasteiger partial charge in [0.1, 0.15) is 5.82 Å². The van der Waals surface area contributed by atoms with Gasteiger partial charge in [-0.3, -0.25) is 0 Å². The molecule has 5 heteroatoms. The first kappa shape index (κ1) is 11.3. The SMILES string of the molecule is CC(C)c1nsc(N2CCC(CBr)C2)n1. The molecule has 0 aromatic carbocycles. The number of halogens is 1. The zero-order chi connectivity index (χ0) is 10.8. The van der Waals surface area contributed by atoms with E-state index in [0.717, 1.165) is 35.3 Å². The van der Waals surface area contributed by atoms with Gasteiger partial charge in [0.2, 0.25) is 5.13 Å². The van der Waals surface area contributed by atoms with Crippen molar-refractivity contribution in [2.75, 3.05) is 23.3 Å². The van der Waals surface area contributed by atoms with Crippen molar-refractivity contribution in [1.29, 1.82) is 0 Å². The van der Waals surface area contributed by atoms with Crippen LogP contribution in [0.25, 0.3) is 0 Å². The molecule has 15 heavy (non-hydrogen) atoms. The highest BCUT2D eigenvalue weighted by molar-refractivity contribution is 9.09. The lowest BCUT2D eigenvalue weighted by Gasteiger charge is -2.13. The Morgan fingerprint density at radius 1 is 1.60 bits per heavy atom. The second-order valence-electron chi connectivity index (χ2n) is 4.34. The lowest BCUT2D eigenvalue weighted by molar-refractivity contribution is 0.675. The van der Waals surface area contributed by atoms with Crippen LogP contribution in [0.1, 0.15) is 32.0 Å². The molecule has 0 aliphatic carbocycles. The summed E-state index contributed by atoms with van der Waals surface area (Å²) in [6.07, 6.45) is 1.27. The normalized spacial score (nSPS) is 21.6. The van der Waals surface area contributed by atoms with E-state index in [1.165, 1.54) is 18.0 Å². The number of aromatic nitrogens is 2. The molecular weight excluding hydrogens is 274 g/mol. The molecule has 1 unspecified atom stereocenters. The molecule has 0 amide bonds. The Bertz CT molecular complexity index is 326. The van der Waals surface area contributed by atoms with Crippen LogP contribution in [0.2, 0.25) is 0 Å². The Hall–Kier alpha value is -0.160. The van der Waals surface area contributed by atoms with Crippen molar-refractivity contribution in [2.24, 2.45) is 5.92 Å². The number of hydrogen-bond acceptors (Lipinski definition) is 4. The Labute approximate surface area is 103 Å². The predicted molar refractivity (Wildman–Crippen MR) is 68.1 cm³/mol. The minimum Gasteiger partial charge on any atom is -0.347 e. The summed E-state index contributed by atoms with van der Waals surface area (Å²) in [5.74, 6) is 2.19. The van der Waals surface area contributed by atoms with E-state index in [-0.39, 0.29) is 0 Å².